The van der Waals surface area contributed by atoms with Gasteiger partial charge in [0.25, 0.3) is 0 Å². The number of hydrogen-bond donors (Lipinski definition) is 1. The van der Waals surface area contributed by atoms with Crippen molar-refractivity contribution in [2.24, 2.45) is 0 Å². The van der Waals surface area contributed by atoms with Gasteiger partial charge in [-0.2, -0.15) is 13.2 Å². The second-order valence-electron chi connectivity index (χ2n) is 9.06. The van der Waals surface area contributed by atoms with E-state index in [0.29, 0.717) is 37.9 Å². The highest BCUT2D eigenvalue weighted by Gasteiger charge is 2.37. The van der Waals surface area contributed by atoms with Crippen LogP contribution in [0.15, 0.2) is 18.2 Å². The molecule has 0 spiro atoms. The molecule has 6 nitrogen and oxygen atoms in total. The fraction of sp³-hybridized carbons (Fsp3) is 0.636. The molecule has 1 saturated heterocycles. The number of benzene rings is 1. The van der Waals surface area contributed by atoms with E-state index in [2.05, 4.69) is 5.32 Å². The first-order valence-electron chi connectivity index (χ1n) is 10.6. The maximum Gasteiger partial charge on any atom is 0.418 e. The molecule has 2 fully saturated rings. The van der Waals surface area contributed by atoms with Crippen molar-refractivity contribution in [1.82, 2.24) is 5.32 Å². The molecule has 0 radical (unpaired) electrons. The van der Waals surface area contributed by atoms with E-state index in [4.69, 9.17) is 9.47 Å². The molecule has 9 heteroatoms. The quantitative estimate of drug-likeness (QED) is 0.709. The summed E-state index contributed by atoms with van der Waals surface area (Å²) in [6.45, 7) is 5.66. The average molecular weight is 442 g/mol. The number of anilines is 1. The summed E-state index contributed by atoms with van der Waals surface area (Å²) in [6.07, 6.45) is -1.73. The maximum absolute atomic E-state index is 13.4. The van der Waals surface area contributed by atoms with Gasteiger partial charge in [-0.05, 0) is 65.0 Å². The molecule has 0 unspecified atom stereocenters. The molecule has 1 saturated carbocycles. The summed E-state index contributed by atoms with van der Waals surface area (Å²) < 4.78 is 51.5. The SMILES string of the molecule is CC(C)(C)OC(=O)N[C@H]1CC[C@H](Oc2ccc(C(F)(F)F)c(N3CCCC3=O)c2)CC1. The first-order valence-corrected chi connectivity index (χ1v) is 10.6. The van der Waals surface area contributed by atoms with Crippen LogP contribution >= 0.6 is 0 Å². The van der Waals surface area contributed by atoms with E-state index in [1.165, 1.54) is 17.0 Å². The lowest BCUT2D eigenvalue weighted by molar-refractivity contribution is -0.137. The number of amides is 2. The van der Waals surface area contributed by atoms with Crippen LogP contribution in [0.5, 0.6) is 5.75 Å². The van der Waals surface area contributed by atoms with Gasteiger partial charge in [0.05, 0.1) is 17.4 Å². The van der Waals surface area contributed by atoms with Gasteiger partial charge in [0, 0.05) is 25.1 Å². The van der Waals surface area contributed by atoms with Crippen LogP contribution in [-0.2, 0) is 15.7 Å². The van der Waals surface area contributed by atoms with Crippen molar-refractivity contribution in [3.8, 4) is 5.75 Å². The summed E-state index contributed by atoms with van der Waals surface area (Å²) in [5.41, 5.74) is -1.55. The lowest BCUT2D eigenvalue weighted by Gasteiger charge is -2.31. The Morgan fingerprint density at radius 1 is 1.13 bits per heavy atom. The molecule has 1 aromatic rings. The zero-order chi connectivity index (χ0) is 22.8. The third-order valence-electron chi connectivity index (χ3n) is 5.34. The molecule has 1 aromatic carbocycles. The van der Waals surface area contributed by atoms with E-state index in [1.807, 2.05) is 0 Å². The summed E-state index contributed by atoms with van der Waals surface area (Å²) in [5.74, 6) is 0.00243. The third-order valence-corrected chi connectivity index (χ3v) is 5.34. The number of carbonyl (C=O) groups excluding carboxylic acids is 2. The van der Waals surface area contributed by atoms with Gasteiger partial charge in [-0.15, -0.1) is 0 Å². The van der Waals surface area contributed by atoms with Crippen molar-refractivity contribution in [1.29, 1.82) is 0 Å². The summed E-state index contributed by atoms with van der Waals surface area (Å²) in [4.78, 5) is 25.1. The van der Waals surface area contributed by atoms with Crippen LogP contribution in [0.3, 0.4) is 0 Å². The minimum Gasteiger partial charge on any atom is -0.490 e. The number of nitrogens with zero attached hydrogens (tertiary/aromatic N) is 1. The van der Waals surface area contributed by atoms with Crippen molar-refractivity contribution in [2.75, 3.05) is 11.4 Å². The van der Waals surface area contributed by atoms with E-state index >= 15 is 0 Å². The Hall–Kier alpha value is -2.45. The Kier molecular flexibility index (Phi) is 6.71. The number of hydrogen-bond acceptors (Lipinski definition) is 4. The fourth-order valence-electron chi connectivity index (χ4n) is 3.94. The van der Waals surface area contributed by atoms with Crippen LogP contribution in [0.1, 0.15) is 64.9 Å². The molecule has 31 heavy (non-hydrogen) atoms. The van der Waals surface area contributed by atoms with Gasteiger partial charge in [-0.25, -0.2) is 4.79 Å². The third kappa shape index (κ3) is 6.27. The van der Waals surface area contributed by atoms with E-state index in [1.54, 1.807) is 20.8 Å². The number of carbonyl (C=O) groups is 2. The van der Waals surface area contributed by atoms with Crippen LogP contribution < -0.4 is 15.0 Å². The van der Waals surface area contributed by atoms with Crippen molar-refractivity contribution in [2.45, 2.75) is 83.2 Å². The summed E-state index contributed by atoms with van der Waals surface area (Å²) >= 11 is 0. The smallest absolute Gasteiger partial charge is 0.418 e. The van der Waals surface area contributed by atoms with Gasteiger partial charge < -0.3 is 19.7 Å². The Balaban J connectivity index is 1.62. The normalized spacial score (nSPS) is 22.4. The standard InChI is InChI=1S/C22H29F3N2O4/c1-21(2,3)31-20(29)26-14-6-8-15(9-7-14)30-16-10-11-17(22(23,24)25)18(13-16)27-12-4-5-19(27)28/h10-11,13-15H,4-9,12H2,1-3H3,(H,26,29)/t14-,15-. The van der Waals surface area contributed by atoms with Crippen molar-refractivity contribution >= 4 is 17.7 Å². The highest BCUT2D eigenvalue weighted by Crippen LogP contribution is 2.40. The number of alkyl carbamates (subject to hydrolysis) is 1. The average Bonchev–Trinajstić information content (AvgIpc) is 3.06. The zero-order valence-electron chi connectivity index (χ0n) is 18.1. The van der Waals surface area contributed by atoms with Crippen LogP contribution in [0.2, 0.25) is 0 Å². The van der Waals surface area contributed by atoms with Crippen LogP contribution in [0.4, 0.5) is 23.7 Å². The topological polar surface area (TPSA) is 67.9 Å². The van der Waals surface area contributed by atoms with E-state index < -0.39 is 23.4 Å². The largest absolute Gasteiger partial charge is 0.490 e. The van der Waals surface area contributed by atoms with Crippen molar-refractivity contribution in [3.05, 3.63) is 23.8 Å². The van der Waals surface area contributed by atoms with Crippen LogP contribution in [0, 0.1) is 0 Å². The van der Waals surface area contributed by atoms with Gasteiger partial charge in [-0.3, -0.25) is 4.79 Å². The fourth-order valence-corrected chi connectivity index (χ4v) is 3.94. The predicted molar refractivity (Wildman–Crippen MR) is 109 cm³/mol. The first kappa shape index (κ1) is 23.2. The minimum absolute atomic E-state index is 0.0277. The van der Waals surface area contributed by atoms with Crippen LogP contribution in [0.25, 0.3) is 0 Å². The number of rotatable bonds is 4. The molecule has 3 rings (SSSR count). The lowest BCUT2D eigenvalue weighted by atomic mass is 9.93. The Bertz CT molecular complexity index is 812. The number of halogens is 3. The van der Waals surface area contributed by atoms with Gasteiger partial charge >= 0.3 is 12.3 Å². The van der Waals surface area contributed by atoms with E-state index in [-0.39, 0.29) is 36.7 Å². The molecule has 1 heterocycles. The molecule has 0 atom stereocenters. The van der Waals surface area contributed by atoms with Gasteiger partial charge in [0.1, 0.15) is 11.4 Å². The highest BCUT2D eigenvalue weighted by atomic mass is 19.4. The molecule has 0 bridgehead atoms. The van der Waals surface area contributed by atoms with Crippen LogP contribution in [-0.4, -0.2) is 36.3 Å². The van der Waals surface area contributed by atoms with Crippen molar-refractivity contribution < 1.29 is 32.2 Å². The Morgan fingerprint density at radius 2 is 1.81 bits per heavy atom. The molecule has 0 aromatic heterocycles. The second kappa shape index (κ2) is 8.96. The Labute approximate surface area is 180 Å². The number of nitrogens with one attached hydrogen (secondary N) is 1. The molecule has 2 aliphatic rings. The van der Waals surface area contributed by atoms with Gasteiger partial charge in [-0.1, -0.05) is 0 Å². The summed E-state index contributed by atoms with van der Waals surface area (Å²) in [7, 11) is 0. The molecule has 172 valence electrons. The molecule has 1 N–H and O–H groups in total. The molecule has 2 amide bonds. The molecular formula is C22H29F3N2O4. The molecule has 1 aliphatic carbocycles. The first-order chi connectivity index (χ1) is 14.4. The number of alkyl halides is 3. The van der Waals surface area contributed by atoms with E-state index in [0.717, 1.165) is 6.07 Å². The predicted octanol–water partition coefficient (Wildman–Crippen LogP) is 5.05. The minimum atomic E-state index is -4.55. The summed E-state index contributed by atoms with van der Waals surface area (Å²) in [5, 5.41) is 2.85. The monoisotopic (exact) mass is 442 g/mol. The number of ether oxygens (including phenoxy) is 2. The molecule has 1 aliphatic heterocycles. The van der Waals surface area contributed by atoms with Crippen molar-refractivity contribution in [3.63, 3.8) is 0 Å². The zero-order valence-corrected chi connectivity index (χ0v) is 18.1. The van der Waals surface area contributed by atoms with E-state index in [9.17, 15) is 22.8 Å². The molecular weight excluding hydrogens is 413 g/mol. The lowest BCUT2D eigenvalue weighted by Crippen LogP contribution is -2.42. The van der Waals surface area contributed by atoms with Gasteiger partial charge in [0.2, 0.25) is 5.91 Å². The Morgan fingerprint density at radius 3 is 2.35 bits per heavy atom. The second-order valence-corrected chi connectivity index (χ2v) is 9.06. The van der Waals surface area contributed by atoms with Gasteiger partial charge in [0.15, 0.2) is 0 Å². The maximum atomic E-state index is 13.4. The highest BCUT2D eigenvalue weighted by molar-refractivity contribution is 5.96. The summed E-state index contributed by atoms with van der Waals surface area (Å²) in [6, 6.07) is 3.57.